The molecule has 2 saturated carbocycles. The highest BCUT2D eigenvalue weighted by Gasteiger charge is 2.46. The Morgan fingerprint density at radius 1 is 1.10 bits per heavy atom. The molecule has 0 unspecified atom stereocenters. The second-order valence-corrected chi connectivity index (χ2v) is 8.15. The Morgan fingerprint density at radius 3 is 2.31 bits per heavy atom. The molecule has 0 atom stereocenters. The second kappa shape index (κ2) is 8.30. The van der Waals surface area contributed by atoms with Crippen LogP contribution in [0, 0.1) is 5.92 Å². The first kappa shape index (κ1) is 21.5. The number of halogens is 4. The molecule has 0 bridgehead atoms. The zero-order valence-electron chi connectivity index (χ0n) is 15.9. The Morgan fingerprint density at radius 2 is 1.76 bits per heavy atom. The summed E-state index contributed by atoms with van der Waals surface area (Å²) in [6, 6.07) is 2.79. The van der Waals surface area contributed by atoms with Gasteiger partial charge >= 0.3 is 6.18 Å². The standard InChI is InChI=1S/C20H25F4N3O2/c21-11-13-7-14(20(22,23)24)10-16(8-13)26-17(28)9-12-1-3-15(4-2-12)27-18(29)19(25)5-6-19/h7-8,10,12,15H,1-6,9,11,25H2,(H,26,28)(H,27,29). The van der Waals surface area contributed by atoms with E-state index in [4.69, 9.17) is 5.73 Å². The molecule has 0 aliphatic heterocycles. The van der Waals surface area contributed by atoms with Gasteiger partial charge in [0.1, 0.15) is 6.67 Å². The first-order valence-corrected chi connectivity index (χ1v) is 9.76. The van der Waals surface area contributed by atoms with Gasteiger partial charge in [0.25, 0.3) is 0 Å². The zero-order valence-corrected chi connectivity index (χ0v) is 15.9. The molecular formula is C20H25F4N3O2. The Bertz CT molecular complexity index is 769. The molecule has 0 spiro atoms. The van der Waals surface area contributed by atoms with Gasteiger partial charge in [0, 0.05) is 18.2 Å². The van der Waals surface area contributed by atoms with Crippen LogP contribution in [0.3, 0.4) is 0 Å². The van der Waals surface area contributed by atoms with E-state index in [0.717, 1.165) is 37.8 Å². The number of nitrogens with one attached hydrogen (secondary N) is 2. The Hall–Kier alpha value is -2.16. The van der Waals surface area contributed by atoms with Crippen molar-refractivity contribution in [2.24, 2.45) is 11.7 Å². The van der Waals surface area contributed by atoms with Gasteiger partial charge in [-0.2, -0.15) is 13.2 Å². The molecule has 2 amide bonds. The fourth-order valence-corrected chi connectivity index (χ4v) is 3.68. The maximum Gasteiger partial charge on any atom is 0.416 e. The van der Waals surface area contributed by atoms with Gasteiger partial charge in [-0.15, -0.1) is 0 Å². The van der Waals surface area contributed by atoms with Crippen LogP contribution in [0.15, 0.2) is 18.2 Å². The summed E-state index contributed by atoms with van der Waals surface area (Å²) >= 11 is 0. The van der Waals surface area contributed by atoms with Crippen LogP contribution in [0.2, 0.25) is 0 Å². The summed E-state index contributed by atoms with van der Waals surface area (Å²) in [6.07, 6.45) is -0.117. The van der Waals surface area contributed by atoms with E-state index >= 15 is 0 Å². The van der Waals surface area contributed by atoms with Crippen LogP contribution < -0.4 is 16.4 Å². The summed E-state index contributed by atoms with van der Waals surface area (Å²) in [5.41, 5.74) is 3.97. The number of carbonyl (C=O) groups is 2. The molecule has 0 radical (unpaired) electrons. The Kier molecular flexibility index (Phi) is 6.16. The SMILES string of the molecule is NC1(C(=O)NC2CCC(CC(=O)Nc3cc(CF)cc(C(F)(F)F)c3)CC2)CC1. The molecule has 2 aliphatic rings. The third-order valence-corrected chi connectivity index (χ3v) is 5.66. The van der Waals surface area contributed by atoms with Gasteiger partial charge in [-0.3, -0.25) is 9.59 Å². The van der Waals surface area contributed by atoms with Crippen LogP contribution >= 0.6 is 0 Å². The van der Waals surface area contributed by atoms with Crippen molar-refractivity contribution in [2.75, 3.05) is 5.32 Å². The molecular weight excluding hydrogens is 390 g/mol. The number of anilines is 1. The summed E-state index contributed by atoms with van der Waals surface area (Å²) in [4.78, 5) is 24.3. The summed E-state index contributed by atoms with van der Waals surface area (Å²) in [5, 5.41) is 5.42. The highest BCUT2D eigenvalue weighted by molar-refractivity contribution is 5.91. The van der Waals surface area contributed by atoms with Crippen LogP contribution in [-0.4, -0.2) is 23.4 Å². The molecule has 29 heavy (non-hydrogen) atoms. The lowest BCUT2D eigenvalue weighted by atomic mass is 9.84. The van der Waals surface area contributed by atoms with E-state index in [-0.39, 0.29) is 35.5 Å². The Labute approximate surface area is 166 Å². The van der Waals surface area contributed by atoms with Crippen molar-refractivity contribution in [1.82, 2.24) is 5.32 Å². The monoisotopic (exact) mass is 415 g/mol. The van der Waals surface area contributed by atoms with Crippen LogP contribution in [0.1, 0.15) is 56.1 Å². The van der Waals surface area contributed by atoms with E-state index in [2.05, 4.69) is 10.6 Å². The third-order valence-electron chi connectivity index (χ3n) is 5.66. The zero-order chi connectivity index (χ0) is 21.2. The van der Waals surface area contributed by atoms with Crippen molar-refractivity contribution in [2.45, 2.75) is 69.4 Å². The van der Waals surface area contributed by atoms with Crippen LogP contribution in [0.5, 0.6) is 0 Å². The molecule has 5 nitrogen and oxygen atoms in total. The predicted octanol–water partition coefficient (Wildman–Crippen LogP) is 3.67. The summed E-state index contributed by atoms with van der Waals surface area (Å²) in [7, 11) is 0. The fraction of sp³-hybridized carbons (Fsp3) is 0.600. The molecule has 1 aromatic rings. The molecule has 0 aromatic heterocycles. The molecule has 0 heterocycles. The second-order valence-electron chi connectivity index (χ2n) is 8.15. The van der Waals surface area contributed by atoms with Crippen LogP contribution in [-0.2, 0) is 22.4 Å². The van der Waals surface area contributed by atoms with Crippen molar-refractivity contribution in [3.8, 4) is 0 Å². The highest BCUT2D eigenvalue weighted by Crippen LogP contribution is 2.34. The largest absolute Gasteiger partial charge is 0.416 e. The van der Waals surface area contributed by atoms with Crippen LogP contribution in [0.4, 0.5) is 23.2 Å². The lowest BCUT2D eigenvalue weighted by Gasteiger charge is -2.29. The van der Waals surface area contributed by atoms with E-state index in [0.29, 0.717) is 12.8 Å². The van der Waals surface area contributed by atoms with Crippen molar-refractivity contribution < 1.29 is 27.2 Å². The third kappa shape index (κ3) is 5.68. The quantitative estimate of drug-likeness (QED) is 0.620. The lowest BCUT2D eigenvalue weighted by Crippen LogP contribution is -2.48. The normalized spacial score (nSPS) is 23.3. The number of nitrogens with two attached hydrogens (primary N) is 1. The van der Waals surface area contributed by atoms with Gasteiger partial charge < -0.3 is 16.4 Å². The molecule has 9 heteroatoms. The molecule has 0 saturated heterocycles. The minimum Gasteiger partial charge on any atom is -0.352 e. The van der Waals surface area contributed by atoms with Crippen molar-refractivity contribution in [3.63, 3.8) is 0 Å². The fourth-order valence-electron chi connectivity index (χ4n) is 3.68. The lowest BCUT2D eigenvalue weighted by molar-refractivity contribution is -0.137. The maximum atomic E-state index is 12.9. The van der Waals surface area contributed by atoms with E-state index < -0.39 is 29.9 Å². The number of benzene rings is 1. The number of carbonyl (C=O) groups excluding carboxylic acids is 2. The Balaban J connectivity index is 1.49. The van der Waals surface area contributed by atoms with Crippen molar-refractivity contribution in [3.05, 3.63) is 29.3 Å². The first-order chi connectivity index (χ1) is 13.6. The molecule has 160 valence electrons. The van der Waals surface area contributed by atoms with E-state index in [9.17, 15) is 27.2 Å². The number of rotatable bonds is 6. The predicted molar refractivity (Wildman–Crippen MR) is 99.5 cm³/mol. The molecule has 2 aliphatic carbocycles. The van der Waals surface area contributed by atoms with Crippen molar-refractivity contribution >= 4 is 17.5 Å². The van der Waals surface area contributed by atoms with Gasteiger partial charge in [0.15, 0.2) is 0 Å². The highest BCUT2D eigenvalue weighted by atomic mass is 19.4. The molecule has 1 aromatic carbocycles. The maximum absolute atomic E-state index is 12.9. The molecule has 3 rings (SSSR count). The molecule has 4 N–H and O–H groups in total. The number of amides is 2. The number of alkyl halides is 4. The van der Waals surface area contributed by atoms with Gasteiger partial charge in [-0.25, -0.2) is 4.39 Å². The summed E-state index contributed by atoms with van der Waals surface area (Å²) < 4.78 is 51.6. The number of hydrogen-bond acceptors (Lipinski definition) is 3. The summed E-state index contributed by atoms with van der Waals surface area (Å²) in [5.74, 6) is -0.435. The van der Waals surface area contributed by atoms with E-state index in [1.807, 2.05) is 0 Å². The average Bonchev–Trinajstić information content (AvgIpc) is 3.41. The van der Waals surface area contributed by atoms with Gasteiger partial charge in [0.2, 0.25) is 11.8 Å². The first-order valence-electron chi connectivity index (χ1n) is 9.76. The average molecular weight is 415 g/mol. The minimum atomic E-state index is -4.62. The summed E-state index contributed by atoms with van der Waals surface area (Å²) in [6.45, 7) is -1.05. The van der Waals surface area contributed by atoms with Crippen LogP contribution in [0.25, 0.3) is 0 Å². The number of hydrogen-bond donors (Lipinski definition) is 3. The van der Waals surface area contributed by atoms with Gasteiger partial charge in [-0.1, -0.05) is 0 Å². The smallest absolute Gasteiger partial charge is 0.352 e. The van der Waals surface area contributed by atoms with Gasteiger partial charge in [0.05, 0.1) is 11.1 Å². The van der Waals surface area contributed by atoms with Crippen molar-refractivity contribution in [1.29, 1.82) is 0 Å². The van der Waals surface area contributed by atoms with Gasteiger partial charge in [-0.05, 0) is 68.2 Å². The van der Waals surface area contributed by atoms with E-state index in [1.165, 1.54) is 6.07 Å². The topological polar surface area (TPSA) is 84.2 Å². The van der Waals surface area contributed by atoms with E-state index in [1.54, 1.807) is 0 Å². The molecule has 2 fully saturated rings. The minimum absolute atomic E-state index is 0.0402.